The van der Waals surface area contributed by atoms with Crippen LogP contribution in [0.4, 0.5) is 5.69 Å². The first kappa shape index (κ1) is 17.6. The van der Waals surface area contributed by atoms with Gasteiger partial charge in [0, 0.05) is 36.7 Å². The number of benzene rings is 1. The standard InChI is InChI=1S/C22H28N2OS/c1-15-7-8-20-18(13-15)14-21(26-20)22(25)24-11-9-23(10-12-24)19-6-4-5-16(2)17(19)3/h4-6,14-15H,7-13H2,1-3H3. The fourth-order valence-corrected chi connectivity index (χ4v) is 5.37. The number of carbonyl (C=O) groups is 1. The lowest BCUT2D eigenvalue weighted by Gasteiger charge is -2.37. The van der Waals surface area contributed by atoms with Gasteiger partial charge in [0.2, 0.25) is 0 Å². The first-order valence-corrected chi connectivity index (χ1v) is 10.6. The second kappa shape index (κ2) is 7.07. The van der Waals surface area contributed by atoms with Gasteiger partial charge in [0.25, 0.3) is 5.91 Å². The van der Waals surface area contributed by atoms with Crippen molar-refractivity contribution >= 4 is 22.9 Å². The predicted molar refractivity (Wildman–Crippen MR) is 110 cm³/mol. The van der Waals surface area contributed by atoms with Crippen molar-refractivity contribution in [2.45, 2.75) is 40.0 Å². The van der Waals surface area contributed by atoms with Crippen molar-refractivity contribution < 1.29 is 4.79 Å². The van der Waals surface area contributed by atoms with E-state index in [1.807, 2.05) is 4.90 Å². The van der Waals surface area contributed by atoms with Crippen LogP contribution in [0.25, 0.3) is 0 Å². The minimum absolute atomic E-state index is 0.234. The molecule has 1 aromatic carbocycles. The highest BCUT2D eigenvalue weighted by Crippen LogP contribution is 2.33. The van der Waals surface area contributed by atoms with Gasteiger partial charge in [0.15, 0.2) is 0 Å². The second-order valence-electron chi connectivity index (χ2n) is 7.91. The van der Waals surface area contributed by atoms with Crippen LogP contribution in [0.2, 0.25) is 0 Å². The molecular weight excluding hydrogens is 340 g/mol. The van der Waals surface area contributed by atoms with Crippen LogP contribution >= 0.6 is 11.3 Å². The number of amides is 1. The van der Waals surface area contributed by atoms with E-state index in [4.69, 9.17) is 0 Å². The number of fused-ring (bicyclic) bond motifs is 1. The zero-order valence-electron chi connectivity index (χ0n) is 16.0. The maximum atomic E-state index is 13.0. The van der Waals surface area contributed by atoms with E-state index in [-0.39, 0.29) is 5.91 Å². The van der Waals surface area contributed by atoms with Crippen molar-refractivity contribution in [3.8, 4) is 0 Å². The molecule has 0 saturated carbocycles. The highest BCUT2D eigenvalue weighted by atomic mass is 32.1. The maximum absolute atomic E-state index is 13.0. The van der Waals surface area contributed by atoms with Crippen molar-refractivity contribution in [3.63, 3.8) is 0 Å². The van der Waals surface area contributed by atoms with Crippen molar-refractivity contribution in [1.29, 1.82) is 0 Å². The summed E-state index contributed by atoms with van der Waals surface area (Å²) in [5, 5.41) is 0. The molecule has 138 valence electrons. The number of hydrogen-bond acceptors (Lipinski definition) is 3. The first-order valence-electron chi connectivity index (χ1n) is 9.75. The molecule has 2 aliphatic rings. The third kappa shape index (κ3) is 3.27. The Morgan fingerprint density at radius 3 is 2.69 bits per heavy atom. The number of carbonyl (C=O) groups excluding carboxylic acids is 1. The van der Waals surface area contributed by atoms with Gasteiger partial charge in [-0.25, -0.2) is 0 Å². The predicted octanol–water partition coefficient (Wildman–Crippen LogP) is 4.45. The van der Waals surface area contributed by atoms with E-state index in [1.165, 1.54) is 33.7 Å². The minimum Gasteiger partial charge on any atom is -0.368 e. The fraction of sp³-hybridized carbons (Fsp3) is 0.500. The third-order valence-corrected chi connectivity index (χ3v) is 7.25. The van der Waals surface area contributed by atoms with Crippen LogP contribution in [-0.2, 0) is 12.8 Å². The molecule has 0 radical (unpaired) electrons. The summed E-state index contributed by atoms with van der Waals surface area (Å²) < 4.78 is 0. The fourth-order valence-electron chi connectivity index (χ4n) is 4.20. The molecule has 4 rings (SSSR count). The summed E-state index contributed by atoms with van der Waals surface area (Å²) in [6.07, 6.45) is 3.55. The Labute approximate surface area is 160 Å². The van der Waals surface area contributed by atoms with Crippen LogP contribution in [0.1, 0.15) is 44.6 Å². The molecule has 1 aliphatic heterocycles. The third-order valence-electron chi connectivity index (χ3n) is 6.02. The molecule has 3 nitrogen and oxygen atoms in total. The quantitative estimate of drug-likeness (QED) is 0.782. The van der Waals surface area contributed by atoms with E-state index in [9.17, 15) is 4.79 Å². The van der Waals surface area contributed by atoms with Gasteiger partial charge in [0.05, 0.1) is 4.88 Å². The number of anilines is 1. The first-order chi connectivity index (χ1) is 12.5. The van der Waals surface area contributed by atoms with Crippen LogP contribution in [0, 0.1) is 19.8 Å². The molecule has 4 heteroatoms. The van der Waals surface area contributed by atoms with Crippen LogP contribution in [-0.4, -0.2) is 37.0 Å². The Morgan fingerprint density at radius 1 is 1.15 bits per heavy atom. The Kier molecular flexibility index (Phi) is 4.78. The summed E-state index contributed by atoms with van der Waals surface area (Å²) in [4.78, 5) is 19.8. The van der Waals surface area contributed by atoms with Crippen molar-refractivity contribution in [1.82, 2.24) is 4.90 Å². The van der Waals surface area contributed by atoms with Crippen LogP contribution in [0.15, 0.2) is 24.3 Å². The average molecular weight is 369 g/mol. The van der Waals surface area contributed by atoms with E-state index in [0.717, 1.165) is 49.8 Å². The molecule has 0 N–H and O–H groups in total. The largest absolute Gasteiger partial charge is 0.368 e. The molecule has 26 heavy (non-hydrogen) atoms. The molecule has 0 bridgehead atoms. The highest BCUT2D eigenvalue weighted by molar-refractivity contribution is 7.14. The normalized spacial score (nSPS) is 20.2. The molecule has 2 heterocycles. The summed E-state index contributed by atoms with van der Waals surface area (Å²) >= 11 is 1.74. The number of hydrogen-bond donors (Lipinski definition) is 0. The van der Waals surface area contributed by atoms with Crippen molar-refractivity contribution in [3.05, 3.63) is 50.7 Å². The molecule has 1 fully saturated rings. The summed E-state index contributed by atoms with van der Waals surface area (Å²) in [6.45, 7) is 10.1. The van der Waals surface area contributed by atoms with Gasteiger partial charge in [-0.1, -0.05) is 19.1 Å². The topological polar surface area (TPSA) is 23.6 Å². The van der Waals surface area contributed by atoms with Crippen LogP contribution < -0.4 is 4.90 Å². The number of thiophene rings is 1. The maximum Gasteiger partial charge on any atom is 0.264 e. The monoisotopic (exact) mass is 368 g/mol. The average Bonchev–Trinajstić information content (AvgIpc) is 3.07. The summed E-state index contributed by atoms with van der Waals surface area (Å²) in [5.74, 6) is 0.985. The molecular formula is C22H28N2OS. The van der Waals surface area contributed by atoms with Gasteiger partial charge < -0.3 is 9.80 Å². The van der Waals surface area contributed by atoms with Gasteiger partial charge in [-0.05, 0) is 67.9 Å². The SMILES string of the molecule is Cc1cccc(N2CCN(C(=O)c3cc4c(s3)CCC(C)C4)CC2)c1C. The minimum atomic E-state index is 0.234. The molecule has 2 aromatic rings. The molecule has 1 amide bonds. The van der Waals surface area contributed by atoms with Crippen molar-refractivity contribution in [2.75, 3.05) is 31.1 Å². The molecule has 1 unspecified atom stereocenters. The smallest absolute Gasteiger partial charge is 0.264 e. The van der Waals surface area contributed by atoms with E-state index in [0.29, 0.717) is 0 Å². The summed E-state index contributed by atoms with van der Waals surface area (Å²) in [6, 6.07) is 8.67. The Bertz CT molecular complexity index is 818. The van der Waals surface area contributed by atoms with Gasteiger partial charge in [0.1, 0.15) is 0 Å². The molecule has 1 aliphatic carbocycles. The van der Waals surface area contributed by atoms with E-state index >= 15 is 0 Å². The zero-order valence-corrected chi connectivity index (χ0v) is 16.9. The lowest BCUT2D eigenvalue weighted by atomic mass is 9.90. The van der Waals surface area contributed by atoms with Gasteiger partial charge in [-0.2, -0.15) is 0 Å². The molecule has 1 saturated heterocycles. The second-order valence-corrected chi connectivity index (χ2v) is 9.04. The lowest BCUT2D eigenvalue weighted by Crippen LogP contribution is -2.48. The zero-order chi connectivity index (χ0) is 18.3. The van der Waals surface area contributed by atoms with Gasteiger partial charge in [-0.3, -0.25) is 4.79 Å². The Balaban J connectivity index is 1.43. The highest BCUT2D eigenvalue weighted by Gasteiger charge is 2.26. The molecule has 1 aromatic heterocycles. The van der Waals surface area contributed by atoms with Crippen LogP contribution in [0.5, 0.6) is 0 Å². The van der Waals surface area contributed by atoms with E-state index in [1.54, 1.807) is 11.3 Å². The number of aryl methyl sites for hydroxylation is 2. The van der Waals surface area contributed by atoms with E-state index < -0.39 is 0 Å². The Morgan fingerprint density at radius 2 is 1.92 bits per heavy atom. The van der Waals surface area contributed by atoms with Crippen LogP contribution in [0.3, 0.4) is 0 Å². The Hall–Kier alpha value is -1.81. The summed E-state index contributed by atoms with van der Waals surface area (Å²) in [5.41, 5.74) is 5.43. The molecule has 1 atom stereocenters. The summed E-state index contributed by atoms with van der Waals surface area (Å²) in [7, 11) is 0. The number of piperazine rings is 1. The number of rotatable bonds is 2. The van der Waals surface area contributed by atoms with E-state index in [2.05, 4.69) is 49.9 Å². The molecule has 0 spiro atoms. The van der Waals surface area contributed by atoms with Gasteiger partial charge >= 0.3 is 0 Å². The van der Waals surface area contributed by atoms with Gasteiger partial charge in [-0.15, -0.1) is 11.3 Å². The van der Waals surface area contributed by atoms with Crippen molar-refractivity contribution in [2.24, 2.45) is 5.92 Å². The number of nitrogens with zero attached hydrogens (tertiary/aromatic N) is 2. The lowest BCUT2D eigenvalue weighted by molar-refractivity contribution is 0.0751.